The van der Waals surface area contributed by atoms with E-state index in [0.29, 0.717) is 18.9 Å². The van der Waals surface area contributed by atoms with Crippen LogP contribution in [-0.2, 0) is 14.3 Å². The van der Waals surface area contributed by atoms with Crippen molar-refractivity contribution in [3.8, 4) is 0 Å². The van der Waals surface area contributed by atoms with Crippen LogP contribution >= 0.6 is 0 Å². The first-order valence-electron chi connectivity index (χ1n) is 5.56. The van der Waals surface area contributed by atoms with Gasteiger partial charge in [0.2, 0.25) is 0 Å². The second-order valence-corrected chi connectivity index (χ2v) is 5.16. The Bertz CT molecular complexity index is 192. The van der Waals surface area contributed by atoms with Crippen molar-refractivity contribution in [1.82, 2.24) is 0 Å². The van der Waals surface area contributed by atoms with E-state index in [1.54, 1.807) is 0 Å². The molecule has 0 saturated heterocycles. The zero-order valence-electron chi connectivity index (χ0n) is 10.8. The Morgan fingerprint density at radius 1 is 1.20 bits per heavy atom. The standard InChI is InChI=1S/C12H24O3/c1-9(2)10(3)14-8-7-11(13)15-12(4,5)6/h9-10H,7-8H2,1-6H3. The van der Waals surface area contributed by atoms with Gasteiger partial charge in [-0.25, -0.2) is 0 Å². The minimum Gasteiger partial charge on any atom is -0.460 e. The molecule has 3 heteroatoms. The fourth-order valence-electron chi connectivity index (χ4n) is 0.913. The molecule has 0 aliphatic carbocycles. The zero-order valence-corrected chi connectivity index (χ0v) is 10.8. The van der Waals surface area contributed by atoms with E-state index in [4.69, 9.17) is 9.47 Å². The average Bonchev–Trinajstić information content (AvgIpc) is 2.00. The predicted octanol–water partition coefficient (Wildman–Crippen LogP) is 2.78. The van der Waals surface area contributed by atoms with E-state index in [2.05, 4.69) is 13.8 Å². The van der Waals surface area contributed by atoms with Gasteiger partial charge in [-0.05, 0) is 33.6 Å². The van der Waals surface area contributed by atoms with E-state index in [0.717, 1.165) is 0 Å². The molecule has 0 aromatic rings. The largest absolute Gasteiger partial charge is 0.460 e. The van der Waals surface area contributed by atoms with Crippen LogP contribution in [-0.4, -0.2) is 24.3 Å². The molecule has 0 spiro atoms. The Hall–Kier alpha value is -0.570. The van der Waals surface area contributed by atoms with Gasteiger partial charge in [-0.15, -0.1) is 0 Å². The summed E-state index contributed by atoms with van der Waals surface area (Å²) in [5, 5.41) is 0. The first-order chi connectivity index (χ1) is 6.72. The zero-order chi connectivity index (χ0) is 12.1. The molecule has 0 bridgehead atoms. The maximum Gasteiger partial charge on any atom is 0.308 e. The highest BCUT2D eigenvalue weighted by atomic mass is 16.6. The first kappa shape index (κ1) is 14.4. The lowest BCUT2D eigenvalue weighted by Crippen LogP contribution is -2.25. The normalized spacial score (nSPS) is 14.1. The molecule has 0 aliphatic rings. The van der Waals surface area contributed by atoms with E-state index >= 15 is 0 Å². The molecule has 0 rings (SSSR count). The molecular weight excluding hydrogens is 192 g/mol. The van der Waals surface area contributed by atoms with Gasteiger partial charge in [-0.1, -0.05) is 13.8 Å². The second-order valence-electron chi connectivity index (χ2n) is 5.16. The van der Waals surface area contributed by atoms with Crippen molar-refractivity contribution in [2.45, 2.75) is 59.7 Å². The number of ether oxygens (including phenoxy) is 2. The van der Waals surface area contributed by atoms with Gasteiger partial charge in [-0.3, -0.25) is 4.79 Å². The lowest BCUT2D eigenvalue weighted by Gasteiger charge is -2.20. The number of carbonyl (C=O) groups excluding carboxylic acids is 1. The third-order valence-electron chi connectivity index (χ3n) is 2.05. The number of rotatable bonds is 5. The van der Waals surface area contributed by atoms with E-state index in [9.17, 15) is 4.79 Å². The van der Waals surface area contributed by atoms with Crippen LogP contribution in [0.15, 0.2) is 0 Å². The van der Waals surface area contributed by atoms with Crippen LogP contribution in [0.25, 0.3) is 0 Å². The minimum absolute atomic E-state index is 0.187. The molecule has 0 aromatic heterocycles. The van der Waals surface area contributed by atoms with E-state index in [1.807, 2.05) is 27.7 Å². The summed E-state index contributed by atoms with van der Waals surface area (Å²) in [6, 6.07) is 0. The molecule has 0 aromatic carbocycles. The molecule has 90 valence electrons. The quantitative estimate of drug-likeness (QED) is 0.663. The second kappa shape index (κ2) is 6.11. The Morgan fingerprint density at radius 3 is 2.13 bits per heavy atom. The van der Waals surface area contributed by atoms with Gasteiger partial charge in [0.1, 0.15) is 5.60 Å². The van der Waals surface area contributed by atoms with Crippen LogP contribution in [0.3, 0.4) is 0 Å². The first-order valence-corrected chi connectivity index (χ1v) is 5.56. The highest BCUT2D eigenvalue weighted by Crippen LogP contribution is 2.09. The van der Waals surface area contributed by atoms with Crippen molar-refractivity contribution < 1.29 is 14.3 Å². The molecule has 0 heterocycles. The number of hydrogen-bond acceptors (Lipinski definition) is 3. The number of carbonyl (C=O) groups is 1. The molecule has 0 amide bonds. The van der Waals surface area contributed by atoms with Gasteiger partial charge in [0.25, 0.3) is 0 Å². The molecular formula is C12H24O3. The Morgan fingerprint density at radius 2 is 1.73 bits per heavy atom. The Labute approximate surface area is 93.1 Å². The molecule has 0 saturated carbocycles. The third kappa shape index (κ3) is 8.43. The van der Waals surface area contributed by atoms with Gasteiger partial charge in [0.15, 0.2) is 0 Å². The summed E-state index contributed by atoms with van der Waals surface area (Å²) in [5.74, 6) is 0.280. The van der Waals surface area contributed by atoms with E-state index in [1.165, 1.54) is 0 Å². The third-order valence-corrected chi connectivity index (χ3v) is 2.05. The van der Waals surface area contributed by atoms with Crippen molar-refractivity contribution >= 4 is 5.97 Å². The monoisotopic (exact) mass is 216 g/mol. The van der Waals surface area contributed by atoms with Crippen molar-refractivity contribution in [1.29, 1.82) is 0 Å². The van der Waals surface area contributed by atoms with Crippen LogP contribution < -0.4 is 0 Å². The fourth-order valence-corrected chi connectivity index (χ4v) is 0.913. The molecule has 15 heavy (non-hydrogen) atoms. The summed E-state index contributed by atoms with van der Waals surface area (Å²) in [6.45, 7) is 12.2. The Kier molecular flexibility index (Phi) is 5.88. The molecule has 0 radical (unpaired) electrons. The lowest BCUT2D eigenvalue weighted by atomic mass is 10.1. The highest BCUT2D eigenvalue weighted by Gasteiger charge is 2.16. The average molecular weight is 216 g/mol. The maximum absolute atomic E-state index is 11.3. The topological polar surface area (TPSA) is 35.5 Å². The number of esters is 1. The van der Waals surface area contributed by atoms with Gasteiger partial charge in [0.05, 0.1) is 19.1 Å². The van der Waals surface area contributed by atoms with Gasteiger partial charge in [0, 0.05) is 0 Å². The summed E-state index contributed by atoms with van der Waals surface area (Å²) in [5.41, 5.74) is -0.402. The summed E-state index contributed by atoms with van der Waals surface area (Å²) < 4.78 is 10.6. The van der Waals surface area contributed by atoms with Crippen molar-refractivity contribution in [3.05, 3.63) is 0 Å². The smallest absolute Gasteiger partial charge is 0.308 e. The summed E-state index contributed by atoms with van der Waals surface area (Å²) in [7, 11) is 0. The minimum atomic E-state index is -0.402. The SMILES string of the molecule is CC(C)C(C)OCCC(=O)OC(C)(C)C. The molecule has 0 aliphatic heterocycles. The van der Waals surface area contributed by atoms with E-state index < -0.39 is 5.60 Å². The summed E-state index contributed by atoms with van der Waals surface area (Å²) >= 11 is 0. The molecule has 1 atom stereocenters. The van der Waals surface area contributed by atoms with Crippen LogP contribution in [0.1, 0.15) is 48.0 Å². The van der Waals surface area contributed by atoms with Crippen molar-refractivity contribution in [3.63, 3.8) is 0 Å². The summed E-state index contributed by atoms with van der Waals surface area (Å²) in [4.78, 5) is 11.3. The van der Waals surface area contributed by atoms with E-state index in [-0.39, 0.29) is 12.1 Å². The highest BCUT2D eigenvalue weighted by molar-refractivity contribution is 5.69. The van der Waals surface area contributed by atoms with Gasteiger partial charge >= 0.3 is 5.97 Å². The van der Waals surface area contributed by atoms with Gasteiger partial charge < -0.3 is 9.47 Å². The van der Waals surface area contributed by atoms with Crippen LogP contribution in [0, 0.1) is 5.92 Å². The van der Waals surface area contributed by atoms with Gasteiger partial charge in [-0.2, -0.15) is 0 Å². The number of hydrogen-bond donors (Lipinski definition) is 0. The van der Waals surface area contributed by atoms with Crippen molar-refractivity contribution in [2.24, 2.45) is 5.92 Å². The van der Waals surface area contributed by atoms with Crippen LogP contribution in [0.5, 0.6) is 0 Å². The summed E-state index contributed by atoms with van der Waals surface area (Å²) in [6.07, 6.45) is 0.515. The molecule has 0 N–H and O–H groups in total. The predicted molar refractivity (Wildman–Crippen MR) is 60.7 cm³/mol. The molecule has 0 fully saturated rings. The Balaban J connectivity index is 3.65. The van der Waals surface area contributed by atoms with Crippen LogP contribution in [0.2, 0.25) is 0 Å². The van der Waals surface area contributed by atoms with Crippen molar-refractivity contribution in [2.75, 3.05) is 6.61 Å². The molecule has 1 unspecified atom stereocenters. The van der Waals surface area contributed by atoms with Crippen LogP contribution in [0.4, 0.5) is 0 Å². The maximum atomic E-state index is 11.3. The fraction of sp³-hybridized carbons (Fsp3) is 0.917. The molecule has 3 nitrogen and oxygen atoms in total. The lowest BCUT2D eigenvalue weighted by molar-refractivity contribution is -0.156.